The molecule has 1 saturated heterocycles. The lowest BCUT2D eigenvalue weighted by atomic mass is 10.1. The molecule has 0 radical (unpaired) electrons. The average molecular weight is 304 g/mol. The SMILES string of the molecule is CCCCC(=O)N1CCCN(C(=O)c2ccccc2O)CC1. The average Bonchev–Trinajstić information content (AvgIpc) is 2.78. The van der Waals surface area contributed by atoms with E-state index in [2.05, 4.69) is 6.92 Å². The fourth-order valence-electron chi connectivity index (χ4n) is 2.68. The largest absolute Gasteiger partial charge is 0.507 e. The summed E-state index contributed by atoms with van der Waals surface area (Å²) in [5.74, 6) is 0.0206. The molecule has 0 aromatic heterocycles. The maximum Gasteiger partial charge on any atom is 0.257 e. The number of hydrogen-bond acceptors (Lipinski definition) is 3. The Hall–Kier alpha value is -2.04. The molecule has 1 aromatic rings. The van der Waals surface area contributed by atoms with Gasteiger partial charge in [-0.3, -0.25) is 9.59 Å². The second-order valence-electron chi connectivity index (χ2n) is 5.65. The van der Waals surface area contributed by atoms with E-state index >= 15 is 0 Å². The summed E-state index contributed by atoms with van der Waals surface area (Å²) in [6.07, 6.45) is 3.29. The molecule has 5 nitrogen and oxygen atoms in total. The normalized spacial score (nSPS) is 15.5. The summed E-state index contributed by atoms with van der Waals surface area (Å²) in [7, 11) is 0. The van der Waals surface area contributed by atoms with Crippen LogP contribution in [0, 0.1) is 0 Å². The van der Waals surface area contributed by atoms with Crippen molar-refractivity contribution in [2.75, 3.05) is 26.2 Å². The first-order valence-electron chi connectivity index (χ1n) is 7.98. The predicted octanol–water partition coefficient (Wildman–Crippen LogP) is 2.26. The lowest BCUT2D eigenvalue weighted by Crippen LogP contribution is -2.37. The molecule has 2 amide bonds. The number of para-hydroxylation sites is 1. The van der Waals surface area contributed by atoms with Crippen molar-refractivity contribution in [2.24, 2.45) is 0 Å². The maximum absolute atomic E-state index is 12.5. The summed E-state index contributed by atoms with van der Waals surface area (Å²) >= 11 is 0. The fraction of sp³-hybridized carbons (Fsp3) is 0.529. The molecule has 5 heteroatoms. The molecule has 1 aromatic carbocycles. The van der Waals surface area contributed by atoms with E-state index in [0.717, 1.165) is 19.3 Å². The minimum absolute atomic E-state index is 0.00706. The number of carbonyl (C=O) groups excluding carboxylic acids is 2. The van der Waals surface area contributed by atoms with E-state index in [-0.39, 0.29) is 17.6 Å². The van der Waals surface area contributed by atoms with Crippen LogP contribution in [0.2, 0.25) is 0 Å². The van der Waals surface area contributed by atoms with Gasteiger partial charge in [0.15, 0.2) is 0 Å². The zero-order chi connectivity index (χ0) is 15.9. The highest BCUT2D eigenvalue weighted by Crippen LogP contribution is 2.19. The minimum Gasteiger partial charge on any atom is -0.507 e. The molecule has 1 N–H and O–H groups in total. The number of benzene rings is 1. The van der Waals surface area contributed by atoms with Crippen molar-refractivity contribution in [3.63, 3.8) is 0 Å². The van der Waals surface area contributed by atoms with Crippen molar-refractivity contribution in [1.29, 1.82) is 0 Å². The Bertz CT molecular complexity index is 530. The van der Waals surface area contributed by atoms with Crippen LogP contribution in [0.25, 0.3) is 0 Å². The molecule has 1 heterocycles. The minimum atomic E-state index is -0.166. The van der Waals surface area contributed by atoms with Gasteiger partial charge in [0.1, 0.15) is 5.75 Å². The van der Waals surface area contributed by atoms with E-state index in [1.165, 1.54) is 6.07 Å². The number of hydrogen-bond donors (Lipinski definition) is 1. The Morgan fingerprint density at radius 3 is 2.50 bits per heavy atom. The Morgan fingerprint density at radius 1 is 1.09 bits per heavy atom. The number of nitrogens with zero attached hydrogens (tertiary/aromatic N) is 2. The first-order chi connectivity index (χ1) is 10.6. The van der Waals surface area contributed by atoms with Crippen molar-refractivity contribution in [3.05, 3.63) is 29.8 Å². The van der Waals surface area contributed by atoms with Gasteiger partial charge in [0, 0.05) is 32.6 Å². The molecule has 0 unspecified atom stereocenters. The molecule has 1 aliphatic heterocycles. The van der Waals surface area contributed by atoms with Crippen LogP contribution >= 0.6 is 0 Å². The van der Waals surface area contributed by atoms with Gasteiger partial charge in [-0.1, -0.05) is 25.5 Å². The van der Waals surface area contributed by atoms with Gasteiger partial charge in [-0.15, -0.1) is 0 Å². The third-order valence-electron chi connectivity index (χ3n) is 4.01. The monoisotopic (exact) mass is 304 g/mol. The van der Waals surface area contributed by atoms with E-state index < -0.39 is 0 Å². The Labute approximate surface area is 131 Å². The zero-order valence-electron chi connectivity index (χ0n) is 13.1. The van der Waals surface area contributed by atoms with Crippen LogP contribution < -0.4 is 0 Å². The van der Waals surface area contributed by atoms with E-state index in [4.69, 9.17) is 0 Å². The molecule has 120 valence electrons. The highest BCUT2D eigenvalue weighted by atomic mass is 16.3. The highest BCUT2D eigenvalue weighted by Gasteiger charge is 2.23. The number of amides is 2. The van der Waals surface area contributed by atoms with Crippen molar-refractivity contribution in [1.82, 2.24) is 9.80 Å². The first-order valence-corrected chi connectivity index (χ1v) is 7.98. The molecule has 22 heavy (non-hydrogen) atoms. The van der Waals surface area contributed by atoms with Gasteiger partial charge in [-0.25, -0.2) is 0 Å². The van der Waals surface area contributed by atoms with Crippen LogP contribution in [-0.4, -0.2) is 52.9 Å². The second kappa shape index (κ2) is 7.82. The van der Waals surface area contributed by atoms with Gasteiger partial charge in [-0.2, -0.15) is 0 Å². The Balaban J connectivity index is 1.97. The van der Waals surface area contributed by atoms with Gasteiger partial charge in [0.25, 0.3) is 5.91 Å². The number of phenolic OH excluding ortho intramolecular Hbond substituents is 1. The first kappa shape index (κ1) is 16.3. The van der Waals surface area contributed by atoms with Gasteiger partial charge in [0.2, 0.25) is 5.91 Å². The summed E-state index contributed by atoms with van der Waals surface area (Å²) in [5.41, 5.74) is 0.327. The van der Waals surface area contributed by atoms with Crippen molar-refractivity contribution in [3.8, 4) is 5.75 Å². The van der Waals surface area contributed by atoms with Crippen LogP contribution in [0.5, 0.6) is 5.75 Å². The molecule has 0 saturated carbocycles. The Kier molecular flexibility index (Phi) is 5.81. The summed E-state index contributed by atoms with van der Waals surface area (Å²) in [5, 5.41) is 9.81. The van der Waals surface area contributed by atoms with Crippen LogP contribution in [0.1, 0.15) is 43.0 Å². The van der Waals surface area contributed by atoms with Crippen molar-refractivity contribution >= 4 is 11.8 Å². The van der Waals surface area contributed by atoms with Crippen LogP contribution in [0.15, 0.2) is 24.3 Å². The molecular formula is C17H24N2O3. The lowest BCUT2D eigenvalue weighted by Gasteiger charge is -2.22. The molecule has 2 rings (SSSR count). The Morgan fingerprint density at radius 2 is 1.77 bits per heavy atom. The molecule has 0 aliphatic carbocycles. The topological polar surface area (TPSA) is 60.9 Å². The highest BCUT2D eigenvalue weighted by molar-refractivity contribution is 5.96. The smallest absolute Gasteiger partial charge is 0.257 e. The predicted molar refractivity (Wildman–Crippen MR) is 84.7 cm³/mol. The summed E-state index contributed by atoms with van der Waals surface area (Å²) in [4.78, 5) is 28.2. The van der Waals surface area contributed by atoms with E-state index in [0.29, 0.717) is 38.2 Å². The molecule has 1 aliphatic rings. The number of aromatic hydroxyl groups is 1. The maximum atomic E-state index is 12.5. The van der Waals surface area contributed by atoms with E-state index in [9.17, 15) is 14.7 Å². The van der Waals surface area contributed by atoms with Gasteiger partial charge < -0.3 is 14.9 Å². The van der Waals surface area contributed by atoms with Crippen LogP contribution in [-0.2, 0) is 4.79 Å². The zero-order valence-corrected chi connectivity index (χ0v) is 13.1. The lowest BCUT2D eigenvalue weighted by molar-refractivity contribution is -0.131. The second-order valence-corrected chi connectivity index (χ2v) is 5.65. The van der Waals surface area contributed by atoms with Gasteiger partial charge in [-0.05, 0) is 25.0 Å². The molecule has 0 atom stereocenters. The fourth-order valence-corrected chi connectivity index (χ4v) is 2.68. The number of unbranched alkanes of at least 4 members (excludes halogenated alkanes) is 1. The number of rotatable bonds is 4. The summed E-state index contributed by atoms with van der Waals surface area (Å²) in [6.45, 7) is 4.48. The molecule has 0 spiro atoms. The van der Waals surface area contributed by atoms with E-state index in [1.54, 1.807) is 23.1 Å². The third-order valence-corrected chi connectivity index (χ3v) is 4.01. The van der Waals surface area contributed by atoms with Crippen LogP contribution in [0.3, 0.4) is 0 Å². The molecular weight excluding hydrogens is 280 g/mol. The number of carbonyl (C=O) groups is 2. The van der Waals surface area contributed by atoms with Crippen LogP contribution in [0.4, 0.5) is 0 Å². The summed E-state index contributed by atoms with van der Waals surface area (Å²) < 4.78 is 0. The quantitative estimate of drug-likeness (QED) is 0.928. The van der Waals surface area contributed by atoms with Gasteiger partial charge in [0.05, 0.1) is 5.56 Å². The summed E-state index contributed by atoms with van der Waals surface area (Å²) in [6, 6.07) is 6.59. The van der Waals surface area contributed by atoms with Crippen molar-refractivity contribution < 1.29 is 14.7 Å². The third kappa shape index (κ3) is 4.00. The van der Waals surface area contributed by atoms with Crippen molar-refractivity contribution in [2.45, 2.75) is 32.6 Å². The molecule has 0 bridgehead atoms. The standard InChI is InChI=1S/C17H24N2O3/c1-2-3-9-16(21)18-10-6-11-19(13-12-18)17(22)14-7-4-5-8-15(14)20/h4-5,7-8,20H,2-3,6,9-13H2,1H3. The van der Waals surface area contributed by atoms with Gasteiger partial charge >= 0.3 is 0 Å². The molecule has 1 fully saturated rings. The van der Waals surface area contributed by atoms with E-state index in [1.807, 2.05) is 4.90 Å². The number of phenols is 1.